The minimum atomic E-state index is -0.122. The van der Waals surface area contributed by atoms with Crippen molar-refractivity contribution in [3.63, 3.8) is 0 Å². The lowest BCUT2D eigenvalue weighted by Crippen LogP contribution is -2.03. The van der Waals surface area contributed by atoms with Gasteiger partial charge in [-0.3, -0.25) is 14.6 Å². The minimum absolute atomic E-state index is 0.122. The first-order valence-electron chi connectivity index (χ1n) is 7.05. The van der Waals surface area contributed by atoms with Crippen molar-refractivity contribution in [1.29, 1.82) is 0 Å². The van der Waals surface area contributed by atoms with E-state index >= 15 is 0 Å². The molecule has 0 spiro atoms. The van der Waals surface area contributed by atoms with Gasteiger partial charge in [0.25, 0.3) is 5.56 Å². The number of hydrogen-bond acceptors (Lipinski definition) is 2. The van der Waals surface area contributed by atoms with E-state index in [9.17, 15) is 4.79 Å². The minimum Gasteiger partial charge on any atom is -0.496 e. The summed E-state index contributed by atoms with van der Waals surface area (Å²) in [5.41, 5.74) is 1.67. The summed E-state index contributed by atoms with van der Waals surface area (Å²) in [6.45, 7) is 0. The molecular formula is C18H14N2O2. The van der Waals surface area contributed by atoms with Crippen LogP contribution < -0.4 is 10.3 Å². The standard InChI is InChI=1S/C18H14N2O2/c1-22-16-11-15-17(14-10-6-5-9-13(14)16)20(19-18(15)21)12-7-3-2-4-8-12/h2-11H,1H3,(H,19,21). The number of methoxy groups -OCH3 is 1. The molecule has 0 atom stereocenters. The van der Waals surface area contributed by atoms with Crippen molar-refractivity contribution in [2.24, 2.45) is 0 Å². The van der Waals surface area contributed by atoms with Crippen LogP contribution in [0.25, 0.3) is 27.4 Å². The molecule has 108 valence electrons. The Morgan fingerprint density at radius 2 is 1.59 bits per heavy atom. The maximum atomic E-state index is 12.4. The third-order valence-corrected chi connectivity index (χ3v) is 3.89. The van der Waals surface area contributed by atoms with E-state index in [1.165, 1.54) is 0 Å². The van der Waals surface area contributed by atoms with E-state index < -0.39 is 0 Å². The van der Waals surface area contributed by atoms with E-state index in [0.29, 0.717) is 11.1 Å². The molecule has 0 saturated heterocycles. The Morgan fingerprint density at radius 3 is 2.32 bits per heavy atom. The number of ether oxygens (including phenoxy) is 1. The molecule has 1 N–H and O–H groups in total. The molecule has 0 unspecified atom stereocenters. The maximum Gasteiger partial charge on any atom is 0.272 e. The molecule has 3 aromatic carbocycles. The Bertz CT molecular complexity index is 1030. The monoisotopic (exact) mass is 290 g/mol. The van der Waals surface area contributed by atoms with Gasteiger partial charge in [-0.15, -0.1) is 0 Å². The summed E-state index contributed by atoms with van der Waals surface area (Å²) in [5.74, 6) is 0.708. The lowest BCUT2D eigenvalue weighted by Gasteiger charge is -2.09. The van der Waals surface area contributed by atoms with Gasteiger partial charge in [0.15, 0.2) is 0 Å². The molecule has 1 aromatic heterocycles. The van der Waals surface area contributed by atoms with Gasteiger partial charge >= 0.3 is 0 Å². The zero-order valence-electron chi connectivity index (χ0n) is 12.0. The number of para-hydroxylation sites is 1. The van der Waals surface area contributed by atoms with Gasteiger partial charge < -0.3 is 4.74 Å². The third-order valence-electron chi connectivity index (χ3n) is 3.89. The van der Waals surface area contributed by atoms with Crippen molar-refractivity contribution >= 4 is 21.7 Å². The highest BCUT2D eigenvalue weighted by Crippen LogP contribution is 2.32. The smallest absolute Gasteiger partial charge is 0.272 e. The molecule has 0 fully saturated rings. The Morgan fingerprint density at radius 1 is 0.909 bits per heavy atom. The van der Waals surface area contributed by atoms with Crippen LogP contribution in [0.15, 0.2) is 65.5 Å². The van der Waals surface area contributed by atoms with Crippen LogP contribution in [0.1, 0.15) is 0 Å². The van der Waals surface area contributed by atoms with Gasteiger partial charge in [-0.1, -0.05) is 42.5 Å². The van der Waals surface area contributed by atoms with Crippen LogP contribution in [0.5, 0.6) is 5.75 Å². The second-order valence-corrected chi connectivity index (χ2v) is 5.13. The van der Waals surface area contributed by atoms with Gasteiger partial charge in [0.1, 0.15) is 5.75 Å². The molecule has 0 aliphatic rings. The number of aromatic amines is 1. The summed E-state index contributed by atoms with van der Waals surface area (Å²) >= 11 is 0. The third kappa shape index (κ3) is 1.74. The van der Waals surface area contributed by atoms with Crippen LogP contribution in [-0.4, -0.2) is 16.9 Å². The second-order valence-electron chi connectivity index (χ2n) is 5.13. The molecule has 0 amide bonds. The predicted octanol–water partition coefficient (Wildman–Crippen LogP) is 3.48. The summed E-state index contributed by atoms with van der Waals surface area (Å²) in [5, 5.41) is 5.51. The number of benzene rings is 3. The Hall–Kier alpha value is -3.01. The Kier molecular flexibility index (Phi) is 2.76. The van der Waals surface area contributed by atoms with Gasteiger partial charge in [0.2, 0.25) is 0 Å². The van der Waals surface area contributed by atoms with Gasteiger partial charge in [-0.25, -0.2) is 0 Å². The lowest BCUT2D eigenvalue weighted by atomic mass is 10.1. The SMILES string of the molecule is COc1cc2c(=O)[nH]n(-c3ccccc3)c2c2ccccc12. The topological polar surface area (TPSA) is 47.0 Å². The summed E-state index contributed by atoms with van der Waals surface area (Å²) in [4.78, 5) is 12.4. The number of aromatic nitrogens is 2. The van der Waals surface area contributed by atoms with E-state index in [-0.39, 0.29) is 5.56 Å². The number of rotatable bonds is 2. The van der Waals surface area contributed by atoms with Crippen LogP contribution in [0, 0.1) is 0 Å². The van der Waals surface area contributed by atoms with Gasteiger partial charge in [-0.05, 0) is 18.2 Å². The van der Waals surface area contributed by atoms with Crippen LogP contribution in [0.3, 0.4) is 0 Å². The molecule has 4 rings (SSSR count). The summed E-state index contributed by atoms with van der Waals surface area (Å²) < 4.78 is 7.28. The van der Waals surface area contributed by atoms with Gasteiger partial charge in [0.05, 0.1) is 23.7 Å². The van der Waals surface area contributed by atoms with E-state index in [1.807, 2.05) is 59.3 Å². The average molecular weight is 290 g/mol. The van der Waals surface area contributed by atoms with Gasteiger partial charge in [0, 0.05) is 10.8 Å². The largest absolute Gasteiger partial charge is 0.496 e. The fraction of sp³-hybridized carbons (Fsp3) is 0.0556. The zero-order chi connectivity index (χ0) is 15.1. The van der Waals surface area contributed by atoms with Crippen molar-refractivity contribution in [3.05, 3.63) is 71.0 Å². The number of hydrogen-bond donors (Lipinski definition) is 1. The Balaban J connectivity index is 2.22. The van der Waals surface area contributed by atoms with Gasteiger partial charge in [-0.2, -0.15) is 0 Å². The summed E-state index contributed by atoms with van der Waals surface area (Å²) in [6, 6.07) is 19.5. The fourth-order valence-corrected chi connectivity index (χ4v) is 2.90. The molecule has 1 heterocycles. The van der Waals surface area contributed by atoms with E-state index in [2.05, 4.69) is 5.10 Å². The number of nitrogens with one attached hydrogen (secondary N) is 1. The first kappa shape index (κ1) is 12.7. The molecule has 4 nitrogen and oxygen atoms in total. The quantitative estimate of drug-likeness (QED) is 0.614. The van der Waals surface area contributed by atoms with E-state index in [1.54, 1.807) is 13.2 Å². The van der Waals surface area contributed by atoms with Crippen molar-refractivity contribution in [2.45, 2.75) is 0 Å². The lowest BCUT2D eigenvalue weighted by molar-refractivity contribution is 0.420. The van der Waals surface area contributed by atoms with E-state index in [4.69, 9.17) is 4.74 Å². The summed E-state index contributed by atoms with van der Waals surface area (Å²) in [6.07, 6.45) is 0. The zero-order valence-corrected chi connectivity index (χ0v) is 12.0. The fourth-order valence-electron chi connectivity index (χ4n) is 2.90. The molecule has 0 saturated carbocycles. The van der Waals surface area contributed by atoms with Crippen LogP contribution in [-0.2, 0) is 0 Å². The molecular weight excluding hydrogens is 276 g/mol. The highest BCUT2D eigenvalue weighted by molar-refractivity contribution is 6.09. The molecule has 0 aliphatic carbocycles. The van der Waals surface area contributed by atoms with Crippen molar-refractivity contribution in [2.75, 3.05) is 7.11 Å². The van der Waals surface area contributed by atoms with Crippen LogP contribution in [0.4, 0.5) is 0 Å². The van der Waals surface area contributed by atoms with Crippen molar-refractivity contribution in [3.8, 4) is 11.4 Å². The number of H-pyrrole nitrogens is 1. The average Bonchev–Trinajstić information content (AvgIpc) is 2.92. The van der Waals surface area contributed by atoms with Crippen LogP contribution >= 0.6 is 0 Å². The maximum absolute atomic E-state index is 12.4. The number of nitrogens with zero attached hydrogens (tertiary/aromatic N) is 1. The molecule has 4 heteroatoms. The van der Waals surface area contributed by atoms with Crippen molar-refractivity contribution in [1.82, 2.24) is 9.78 Å². The molecule has 22 heavy (non-hydrogen) atoms. The molecule has 4 aromatic rings. The first-order chi connectivity index (χ1) is 10.8. The predicted molar refractivity (Wildman–Crippen MR) is 88.0 cm³/mol. The number of fused-ring (bicyclic) bond motifs is 3. The first-order valence-corrected chi connectivity index (χ1v) is 7.05. The normalized spacial score (nSPS) is 11.1. The highest BCUT2D eigenvalue weighted by atomic mass is 16.5. The Labute approximate surface area is 126 Å². The van der Waals surface area contributed by atoms with Crippen molar-refractivity contribution < 1.29 is 4.74 Å². The molecule has 0 aliphatic heterocycles. The molecule has 0 bridgehead atoms. The highest BCUT2D eigenvalue weighted by Gasteiger charge is 2.14. The second kappa shape index (κ2) is 4.77. The summed E-state index contributed by atoms with van der Waals surface area (Å²) in [7, 11) is 1.62. The molecule has 0 radical (unpaired) electrons. The van der Waals surface area contributed by atoms with E-state index in [0.717, 1.165) is 22.0 Å². The van der Waals surface area contributed by atoms with Crippen LogP contribution in [0.2, 0.25) is 0 Å².